The summed E-state index contributed by atoms with van der Waals surface area (Å²) in [6.07, 6.45) is 6.25. The number of carbonyl (C=O) groups excluding carboxylic acids is 1. The number of nitrogens with zero attached hydrogens (tertiary/aromatic N) is 1. The molecule has 0 bridgehead atoms. The van der Waals surface area contributed by atoms with Crippen molar-refractivity contribution >= 4 is 11.9 Å². The monoisotopic (exact) mass is 435 g/mol. The summed E-state index contributed by atoms with van der Waals surface area (Å²) in [6, 6.07) is 11.5. The van der Waals surface area contributed by atoms with Gasteiger partial charge in [-0.05, 0) is 60.7 Å². The lowest BCUT2D eigenvalue weighted by atomic mass is 9.86. The van der Waals surface area contributed by atoms with Crippen LogP contribution in [0.15, 0.2) is 42.2 Å². The van der Waals surface area contributed by atoms with Crippen LogP contribution in [0.25, 0.3) is 6.08 Å². The van der Waals surface area contributed by atoms with Gasteiger partial charge in [-0.25, -0.2) is 0 Å². The van der Waals surface area contributed by atoms with E-state index in [1.807, 2.05) is 12.1 Å². The lowest BCUT2D eigenvalue weighted by Gasteiger charge is -2.23. The molecule has 0 saturated heterocycles. The van der Waals surface area contributed by atoms with Crippen molar-refractivity contribution in [2.45, 2.75) is 72.3 Å². The van der Waals surface area contributed by atoms with Gasteiger partial charge in [0.25, 0.3) is 0 Å². The van der Waals surface area contributed by atoms with Crippen LogP contribution < -0.4 is 4.74 Å². The van der Waals surface area contributed by atoms with Crippen LogP contribution in [0.4, 0.5) is 0 Å². The van der Waals surface area contributed by atoms with Crippen LogP contribution in [-0.4, -0.2) is 28.9 Å². The zero-order chi connectivity index (χ0) is 23.3. The third-order valence-electron chi connectivity index (χ3n) is 6.03. The van der Waals surface area contributed by atoms with Gasteiger partial charge in [0.15, 0.2) is 5.76 Å². The first-order chi connectivity index (χ1) is 15.2. The van der Waals surface area contributed by atoms with E-state index in [1.54, 1.807) is 18.2 Å². The van der Waals surface area contributed by atoms with Crippen molar-refractivity contribution in [1.29, 1.82) is 0 Å². The van der Waals surface area contributed by atoms with Crippen LogP contribution in [0.3, 0.4) is 0 Å². The van der Waals surface area contributed by atoms with Crippen molar-refractivity contribution in [3.63, 3.8) is 0 Å². The Balaban J connectivity index is 1.86. The largest absolute Gasteiger partial charge is 0.507 e. The fourth-order valence-electron chi connectivity index (χ4n) is 3.94. The average molecular weight is 436 g/mol. The highest BCUT2D eigenvalue weighted by atomic mass is 16.5. The van der Waals surface area contributed by atoms with Crippen molar-refractivity contribution in [2.75, 3.05) is 13.1 Å². The highest BCUT2D eigenvalue weighted by molar-refractivity contribution is 6.15. The Morgan fingerprint density at radius 1 is 0.969 bits per heavy atom. The number of aromatic hydroxyl groups is 1. The summed E-state index contributed by atoms with van der Waals surface area (Å²) in [7, 11) is 0. The Kier molecular flexibility index (Phi) is 7.78. The topological polar surface area (TPSA) is 49.8 Å². The molecule has 0 fully saturated rings. The first-order valence-corrected chi connectivity index (χ1v) is 11.9. The van der Waals surface area contributed by atoms with Gasteiger partial charge in [0.05, 0.1) is 11.1 Å². The number of fused-ring (bicyclic) bond motifs is 1. The summed E-state index contributed by atoms with van der Waals surface area (Å²) in [5.41, 5.74) is 3.48. The molecular weight excluding hydrogens is 398 g/mol. The molecule has 1 aliphatic heterocycles. The molecule has 0 unspecified atom stereocenters. The van der Waals surface area contributed by atoms with Crippen molar-refractivity contribution < 1.29 is 14.6 Å². The molecule has 4 nitrogen and oxygen atoms in total. The van der Waals surface area contributed by atoms with E-state index < -0.39 is 0 Å². The van der Waals surface area contributed by atoms with E-state index in [0.29, 0.717) is 29.2 Å². The molecule has 2 aromatic carbocycles. The second-order valence-electron chi connectivity index (χ2n) is 9.73. The predicted octanol–water partition coefficient (Wildman–Crippen LogP) is 6.71. The molecule has 1 heterocycles. The van der Waals surface area contributed by atoms with Gasteiger partial charge in [-0.2, -0.15) is 0 Å². The molecular formula is C28H37NO3. The molecule has 32 heavy (non-hydrogen) atoms. The SMILES string of the molecule is CCCCN(CCCC)Cc1c(O)ccc2c1O/C(=C/c1ccc(C(C)(C)C)cc1)C2=O. The minimum absolute atomic E-state index is 0.0788. The molecule has 172 valence electrons. The second-order valence-corrected chi connectivity index (χ2v) is 9.73. The Hall–Kier alpha value is -2.59. The van der Waals surface area contributed by atoms with Gasteiger partial charge < -0.3 is 9.84 Å². The van der Waals surface area contributed by atoms with Crippen molar-refractivity contribution in [3.8, 4) is 11.5 Å². The maximum absolute atomic E-state index is 13.0. The van der Waals surface area contributed by atoms with Gasteiger partial charge in [0.2, 0.25) is 5.78 Å². The zero-order valence-electron chi connectivity index (χ0n) is 20.2. The predicted molar refractivity (Wildman–Crippen MR) is 131 cm³/mol. The first kappa shape index (κ1) is 24.1. The van der Waals surface area contributed by atoms with Gasteiger partial charge in [0, 0.05) is 6.54 Å². The molecule has 4 heteroatoms. The van der Waals surface area contributed by atoms with Crippen molar-refractivity contribution in [3.05, 3.63) is 64.4 Å². The Bertz CT molecular complexity index is 959. The molecule has 0 aromatic heterocycles. The molecule has 0 amide bonds. The molecule has 1 N–H and O–H groups in total. The fourth-order valence-corrected chi connectivity index (χ4v) is 3.94. The molecule has 3 rings (SSSR count). The Labute approximate surface area is 192 Å². The van der Waals surface area contributed by atoms with E-state index in [1.165, 1.54) is 5.56 Å². The molecule has 0 aliphatic carbocycles. The zero-order valence-corrected chi connectivity index (χ0v) is 20.2. The molecule has 0 spiro atoms. The normalized spacial score (nSPS) is 14.8. The van der Waals surface area contributed by atoms with E-state index in [-0.39, 0.29) is 16.9 Å². The van der Waals surface area contributed by atoms with Crippen LogP contribution in [0.5, 0.6) is 11.5 Å². The Morgan fingerprint density at radius 3 is 2.16 bits per heavy atom. The van der Waals surface area contributed by atoms with Gasteiger partial charge in [-0.1, -0.05) is 71.7 Å². The number of ether oxygens (including phenoxy) is 1. The van der Waals surface area contributed by atoms with E-state index in [9.17, 15) is 9.90 Å². The van der Waals surface area contributed by atoms with Crippen LogP contribution in [0, 0.1) is 0 Å². The van der Waals surface area contributed by atoms with Gasteiger partial charge in [-0.15, -0.1) is 0 Å². The summed E-state index contributed by atoms with van der Waals surface area (Å²) in [6.45, 7) is 13.4. The first-order valence-electron chi connectivity index (χ1n) is 11.9. The van der Waals surface area contributed by atoms with Crippen LogP contribution in [0.1, 0.15) is 87.4 Å². The molecule has 0 radical (unpaired) electrons. The van der Waals surface area contributed by atoms with Crippen LogP contribution in [-0.2, 0) is 12.0 Å². The number of Topliss-reactive ketones (excluding diaryl/α,β-unsaturated/α-hetero) is 1. The minimum atomic E-state index is -0.130. The average Bonchev–Trinajstić information content (AvgIpc) is 3.07. The highest BCUT2D eigenvalue weighted by Crippen LogP contribution is 2.40. The number of allylic oxidation sites excluding steroid dienone is 1. The summed E-state index contributed by atoms with van der Waals surface area (Å²) in [5, 5.41) is 10.6. The Morgan fingerprint density at radius 2 is 1.59 bits per heavy atom. The third-order valence-corrected chi connectivity index (χ3v) is 6.03. The fraction of sp³-hybridized carbons (Fsp3) is 0.464. The van der Waals surface area contributed by atoms with Gasteiger partial charge in [0.1, 0.15) is 11.5 Å². The van der Waals surface area contributed by atoms with Crippen LogP contribution in [0.2, 0.25) is 0 Å². The minimum Gasteiger partial charge on any atom is -0.507 e. The summed E-state index contributed by atoms with van der Waals surface area (Å²) in [4.78, 5) is 15.4. The molecule has 0 saturated carbocycles. The number of carbonyl (C=O) groups is 1. The molecule has 1 aliphatic rings. The van der Waals surface area contributed by atoms with Crippen LogP contribution >= 0.6 is 0 Å². The van der Waals surface area contributed by atoms with E-state index >= 15 is 0 Å². The smallest absolute Gasteiger partial charge is 0.231 e. The lowest BCUT2D eigenvalue weighted by molar-refractivity contribution is 0.101. The lowest BCUT2D eigenvalue weighted by Crippen LogP contribution is -2.25. The maximum atomic E-state index is 13.0. The van der Waals surface area contributed by atoms with E-state index in [4.69, 9.17) is 4.74 Å². The van der Waals surface area contributed by atoms with Crippen molar-refractivity contribution in [2.24, 2.45) is 0 Å². The van der Waals surface area contributed by atoms with E-state index in [0.717, 1.165) is 44.3 Å². The highest BCUT2D eigenvalue weighted by Gasteiger charge is 2.31. The van der Waals surface area contributed by atoms with Crippen molar-refractivity contribution in [1.82, 2.24) is 4.90 Å². The van der Waals surface area contributed by atoms with Gasteiger partial charge in [-0.3, -0.25) is 9.69 Å². The van der Waals surface area contributed by atoms with Gasteiger partial charge >= 0.3 is 0 Å². The van der Waals surface area contributed by atoms with E-state index in [2.05, 4.69) is 51.7 Å². The maximum Gasteiger partial charge on any atom is 0.231 e. The number of phenols is 1. The third kappa shape index (κ3) is 5.60. The summed E-state index contributed by atoms with van der Waals surface area (Å²) < 4.78 is 6.07. The quantitative estimate of drug-likeness (QED) is 0.445. The number of benzene rings is 2. The summed E-state index contributed by atoms with van der Waals surface area (Å²) in [5.74, 6) is 0.870. The number of phenolic OH excluding ortho intramolecular Hbond substituents is 1. The molecule has 2 aromatic rings. The standard InChI is InChI=1S/C28H37NO3/c1-6-8-16-29(17-9-7-2)19-23-24(30)15-14-22-26(31)25(32-27(22)23)18-20-10-12-21(13-11-20)28(3,4)5/h10-15,18,30H,6-9,16-17,19H2,1-5H3/b25-18+. The molecule has 0 atom stereocenters. The second kappa shape index (κ2) is 10.4. The summed E-state index contributed by atoms with van der Waals surface area (Å²) >= 11 is 0. The number of hydrogen-bond acceptors (Lipinski definition) is 4. The number of unbranched alkanes of at least 4 members (excludes halogenated alkanes) is 2. The number of hydrogen-bond donors (Lipinski definition) is 1. The number of rotatable bonds is 9. The number of ketones is 1.